The highest BCUT2D eigenvalue weighted by Gasteiger charge is 2.20. The number of nitrogens with one attached hydrogen (secondary N) is 1. The van der Waals surface area contributed by atoms with Crippen molar-refractivity contribution in [3.8, 4) is 11.3 Å². The minimum absolute atomic E-state index is 0.479. The van der Waals surface area contributed by atoms with Crippen molar-refractivity contribution in [2.45, 2.75) is 13.2 Å². The number of halogens is 2. The van der Waals surface area contributed by atoms with Crippen LogP contribution < -0.4 is 0 Å². The van der Waals surface area contributed by atoms with E-state index in [4.69, 9.17) is 32.7 Å². The molecule has 1 aromatic heterocycles. The molecule has 102 valence electrons. The van der Waals surface area contributed by atoms with Gasteiger partial charge in [0.05, 0.1) is 16.4 Å². The first-order valence-electron chi connectivity index (χ1n) is 5.64. The smallest absolute Gasteiger partial charge is 0.200 e. The summed E-state index contributed by atoms with van der Waals surface area (Å²) in [7, 11) is 3.15. The van der Waals surface area contributed by atoms with Crippen molar-refractivity contribution >= 4 is 23.2 Å². The monoisotopic (exact) mass is 300 g/mol. The lowest BCUT2D eigenvalue weighted by Crippen LogP contribution is -2.05. The summed E-state index contributed by atoms with van der Waals surface area (Å²) in [5.74, 6) is 0. The molecule has 0 fully saturated rings. The fourth-order valence-electron chi connectivity index (χ4n) is 1.92. The van der Waals surface area contributed by atoms with Gasteiger partial charge in [0.1, 0.15) is 0 Å². The molecule has 0 bridgehead atoms. The first kappa shape index (κ1) is 14.3. The van der Waals surface area contributed by atoms with Crippen LogP contribution in [0.4, 0.5) is 0 Å². The van der Waals surface area contributed by atoms with Crippen LogP contribution in [0, 0.1) is 6.92 Å². The molecule has 0 unspecified atom stereocenters. The zero-order valence-electron chi connectivity index (χ0n) is 10.8. The summed E-state index contributed by atoms with van der Waals surface area (Å²) in [6.45, 7) is 1.93. The lowest BCUT2D eigenvalue weighted by molar-refractivity contribution is -0.109. The summed E-state index contributed by atoms with van der Waals surface area (Å²) in [5, 5.41) is 8.35. The molecule has 0 radical (unpaired) electrons. The van der Waals surface area contributed by atoms with E-state index >= 15 is 0 Å². The van der Waals surface area contributed by atoms with Crippen molar-refractivity contribution in [3.05, 3.63) is 39.5 Å². The molecule has 1 aromatic carbocycles. The van der Waals surface area contributed by atoms with E-state index in [0.29, 0.717) is 10.0 Å². The van der Waals surface area contributed by atoms with Crippen LogP contribution in [-0.4, -0.2) is 24.4 Å². The average molecular weight is 301 g/mol. The zero-order valence-corrected chi connectivity index (χ0v) is 12.3. The lowest BCUT2D eigenvalue weighted by atomic mass is 10.1. The number of rotatable bonds is 4. The SMILES string of the molecule is COC(OC)c1[nH]nc(-c2ccc(Cl)cc2Cl)c1C. The van der Waals surface area contributed by atoms with Crippen molar-refractivity contribution < 1.29 is 9.47 Å². The molecule has 0 aliphatic rings. The Morgan fingerprint density at radius 1 is 1.21 bits per heavy atom. The van der Waals surface area contributed by atoms with Crippen molar-refractivity contribution in [3.63, 3.8) is 0 Å². The zero-order chi connectivity index (χ0) is 14.0. The van der Waals surface area contributed by atoms with E-state index in [-0.39, 0.29) is 0 Å². The van der Waals surface area contributed by atoms with Gasteiger partial charge in [0, 0.05) is 30.4 Å². The Morgan fingerprint density at radius 3 is 2.47 bits per heavy atom. The molecular formula is C13H14Cl2N2O2. The van der Waals surface area contributed by atoms with Crippen LogP contribution in [0.2, 0.25) is 10.0 Å². The number of hydrogen-bond donors (Lipinski definition) is 1. The number of benzene rings is 1. The van der Waals surface area contributed by atoms with Crippen LogP contribution in [0.3, 0.4) is 0 Å². The van der Waals surface area contributed by atoms with Gasteiger partial charge in [-0.3, -0.25) is 5.10 Å². The number of H-pyrrole nitrogens is 1. The fourth-order valence-corrected chi connectivity index (χ4v) is 2.41. The average Bonchev–Trinajstić information content (AvgIpc) is 2.74. The van der Waals surface area contributed by atoms with Crippen LogP contribution in [-0.2, 0) is 9.47 Å². The molecule has 0 saturated heterocycles. The van der Waals surface area contributed by atoms with Gasteiger partial charge in [0.2, 0.25) is 0 Å². The molecule has 6 heteroatoms. The second kappa shape index (κ2) is 5.92. The normalized spacial score (nSPS) is 11.3. The maximum atomic E-state index is 6.19. The minimum atomic E-state index is -0.479. The Hall–Kier alpha value is -1.07. The third kappa shape index (κ3) is 2.77. The number of ether oxygens (including phenoxy) is 2. The van der Waals surface area contributed by atoms with Gasteiger partial charge in [-0.05, 0) is 25.1 Å². The number of hydrogen-bond acceptors (Lipinski definition) is 3. The highest BCUT2D eigenvalue weighted by Crippen LogP contribution is 2.33. The van der Waals surface area contributed by atoms with Gasteiger partial charge in [0.15, 0.2) is 6.29 Å². The molecule has 0 aliphatic carbocycles. The summed E-state index contributed by atoms with van der Waals surface area (Å²) in [4.78, 5) is 0. The maximum absolute atomic E-state index is 6.19. The van der Waals surface area contributed by atoms with E-state index in [2.05, 4.69) is 10.2 Å². The Balaban J connectivity index is 2.47. The lowest BCUT2D eigenvalue weighted by Gasteiger charge is -2.12. The second-order valence-electron chi connectivity index (χ2n) is 4.04. The summed E-state index contributed by atoms with van der Waals surface area (Å²) in [5.41, 5.74) is 3.27. The predicted octanol–water partition coefficient (Wildman–Crippen LogP) is 3.98. The van der Waals surface area contributed by atoms with Crippen LogP contribution >= 0.6 is 23.2 Å². The first-order chi connectivity index (χ1) is 9.08. The van der Waals surface area contributed by atoms with Crippen molar-refractivity contribution in [2.75, 3.05) is 14.2 Å². The van der Waals surface area contributed by atoms with Crippen LogP contribution in [0.5, 0.6) is 0 Å². The van der Waals surface area contributed by atoms with E-state index in [1.54, 1.807) is 26.4 Å². The molecule has 1 heterocycles. The van der Waals surface area contributed by atoms with Crippen molar-refractivity contribution in [1.82, 2.24) is 10.2 Å². The van der Waals surface area contributed by atoms with Crippen LogP contribution in [0.15, 0.2) is 18.2 Å². The molecule has 2 aromatic rings. The topological polar surface area (TPSA) is 47.1 Å². The summed E-state index contributed by atoms with van der Waals surface area (Å²) in [6.07, 6.45) is -0.479. The maximum Gasteiger partial charge on any atom is 0.200 e. The molecule has 19 heavy (non-hydrogen) atoms. The van der Waals surface area contributed by atoms with E-state index in [0.717, 1.165) is 22.5 Å². The van der Waals surface area contributed by atoms with Gasteiger partial charge < -0.3 is 9.47 Å². The number of aromatic amines is 1. The Morgan fingerprint density at radius 2 is 1.89 bits per heavy atom. The van der Waals surface area contributed by atoms with E-state index in [9.17, 15) is 0 Å². The molecule has 4 nitrogen and oxygen atoms in total. The van der Waals surface area contributed by atoms with E-state index < -0.39 is 6.29 Å². The molecule has 2 rings (SSSR count). The molecule has 0 saturated carbocycles. The number of aromatic nitrogens is 2. The van der Waals surface area contributed by atoms with Gasteiger partial charge in [0.25, 0.3) is 0 Å². The minimum Gasteiger partial charge on any atom is -0.350 e. The number of nitrogens with zero attached hydrogens (tertiary/aromatic N) is 1. The summed E-state index contributed by atoms with van der Waals surface area (Å²) >= 11 is 12.1. The molecule has 1 N–H and O–H groups in total. The molecule has 0 amide bonds. The van der Waals surface area contributed by atoms with Gasteiger partial charge in [-0.2, -0.15) is 5.10 Å². The first-order valence-corrected chi connectivity index (χ1v) is 6.40. The summed E-state index contributed by atoms with van der Waals surface area (Å²) < 4.78 is 10.4. The van der Waals surface area contributed by atoms with E-state index in [1.807, 2.05) is 13.0 Å². The molecule has 0 spiro atoms. The fraction of sp³-hybridized carbons (Fsp3) is 0.308. The molecule has 0 aliphatic heterocycles. The second-order valence-corrected chi connectivity index (χ2v) is 4.88. The number of methoxy groups -OCH3 is 2. The third-order valence-electron chi connectivity index (χ3n) is 2.90. The van der Waals surface area contributed by atoms with Crippen LogP contribution in [0.25, 0.3) is 11.3 Å². The van der Waals surface area contributed by atoms with E-state index in [1.165, 1.54) is 0 Å². The van der Waals surface area contributed by atoms with Gasteiger partial charge >= 0.3 is 0 Å². The Kier molecular flexibility index (Phi) is 4.47. The molecular weight excluding hydrogens is 287 g/mol. The van der Waals surface area contributed by atoms with Gasteiger partial charge in [-0.15, -0.1) is 0 Å². The van der Waals surface area contributed by atoms with Gasteiger partial charge in [-0.25, -0.2) is 0 Å². The van der Waals surface area contributed by atoms with Crippen LogP contribution in [0.1, 0.15) is 17.5 Å². The largest absolute Gasteiger partial charge is 0.350 e. The molecule has 0 atom stereocenters. The third-order valence-corrected chi connectivity index (χ3v) is 3.45. The van der Waals surface area contributed by atoms with Crippen molar-refractivity contribution in [1.29, 1.82) is 0 Å². The summed E-state index contributed by atoms with van der Waals surface area (Å²) in [6, 6.07) is 5.31. The highest BCUT2D eigenvalue weighted by atomic mass is 35.5. The Bertz CT molecular complexity index is 580. The quantitative estimate of drug-likeness (QED) is 0.869. The standard InChI is InChI=1S/C13H14Cl2N2O2/c1-7-11(9-5-4-8(14)6-10(9)15)16-17-12(7)13(18-2)19-3/h4-6,13H,1-3H3,(H,16,17). The van der Waals surface area contributed by atoms with Gasteiger partial charge in [-0.1, -0.05) is 23.2 Å². The predicted molar refractivity (Wildman–Crippen MR) is 75.5 cm³/mol. The van der Waals surface area contributed by atoms with Crippen molar-refractivity contribution in [2.24, 2.45) is 0 Å². The Labute approximate surface area is 121 Å². The highest BCUT2D eigenvalue weighted by molar-refractivity contribution is 6.36.